The summed E-state index contributed by atoms with van der Waals surface area (Å²) in [5, 5.41) is 12.7. The molecular weight excluding hydrogens is 420 g/mol. The Kier molecular flexibility index (Phi) is 6.21. The predicted octanol–water partition coefficient (Wildman–Crippen LogP) is 4.70. The molecule has 2 N–H and O–H groups in total. The van der Waals surface area contributed by atoms with Gasteiger partial charge in [0.15, 0.2) is 5.82 Å². The summed E-state index contributed by atoms with van der Waals surface area (Å²) in [7, 11) is 1.62. The van der Waals surface area contributed by atoms with Crippen molar-refractivity contribution in [3.8, 4) is 17.1 Å². The van der Waals surface area contributed by atoms with E-state index in [0.29, 0.717) is 16.7 Å². The van der Waals surface area contributed by atoms with Gasteiger partial charge in [-0.2, -0.15) is 5.10 Å². The zero-order valence-electron chi connectivity index (χ0n) is 16.2. The van der Waals surface area contributed by atoms with E-state index >= 15 is 0 Å². The van der Waals surface area contributed by atoms with Crippen LogP contribution in [-0.2, 0) is 11.3 Å². The lowest BCUT2D eigenvalue weighted by Gasteiger charge is -2.08. The van der Waals surface area contributed by atoms with E-state index in [9.17, 15) is 4.79 Å². The first-order chi connectivity index (χ1) is 14.6. The molecule has 4 aromatic rings. The highest BCUT2D eigenvalue weighted by atomic mass is 35.5. The number of ether oxygens (including phenoxy) is 1. The molecule has 0 radical (unpaired) electrons. The van der Waals surface area contributed by atoms with Gasteiger partial charge in [-0.3, -0.25) is 9.89 Å². The van der Waals surface area contributed by atoms with Gasteiger partial charge in [-0.15, -0.1) is 11.8 Å². The number of nitrogens with one attached hydrogen (secondary N) is 2. The Balaban J connectivity index is 1.34. The van der Waals surface area contributed by atoms with Crippen molar-refractivity contribution in [3.63, 3.8) is 0 Å². The maximum Gasteiger partial charge on any atom is 0.230 e. The lowest BCUT2D eigenvalue weighted by atomic mass is 10.1. The molecule has 0 spiro atoms. The van der Waals surface area contributed by atoms with Crippen LogP contribution >= 0.6 is 23.4 Å². The first-order valence-electron chi connectivity index (χ1n) is 9.26. The molecule has 0 aliphatic carbocycles. The highest BCUT2D eigenvalue weighted by molar-refractivity contribution is 8.00. The van der Waals surface area contributed by atoms with Gasteiger partial charge in [0.25, 0.3) is 0 Å². The first-order valence-corrected chi connectivity index (χ1v) is 10.6. The third-order valence-corrected chi connectivity index (χ3v) is 5.88. The lowest BCUT2D eigenvalue weighted by molar-refractivity contribution is -0.118. The summed E-state index contributed by atoms with van der Waals surface area (Å²) in [6, 6.07) is 19.2. The number of thioether (sulfide) groups is 1. The van der Waals surface area contributed by atoms with Crippen LogP contribution < -0.4 is 10.1 Å². The summed E-state index contributed by atoms with van der Waals surface area (Å²) in [5.74, 6) is 2.12. The van der Waals surface area contributed by atoms with Crippen LogP contribution in [0.15, 0.2) is 65.6 Å². The number of fused-ring (bicyclic) bond motifs is 1. The highest BCUT2D eigenvalue weighted by Gasteiger charge is 2.10. The van der Waals surface area contributed by atoms with E-state index in [-0.39, 0.29) is 18.2 Å². The Labute approximate surface area is 183 Å². The van der Waals surface area contributed by atoms with Gasteiger partial charge >= 0.3 is 0 Å². The summed E-state index contributed by atoms with van der Waals surface area (Å²) in [6.07, 6.45) is 0. The number of hydrogen-bond acceptors (Lipinski definition) is 5. The van der Waals surface area contributed by atoms with Crippen molar-refractivity contribution in [3.05, 3.63) is 71.5 Å². The second-order valence-electron chi connectivity index (χ2n) is 6.49. The normalized spacial score (nSPS) is 10.9. The van der Waals surface area contributed by atoms with Gasteiger partial charge in [0.2, 0.25) is 5.91 Å². The topological polar surface area (TPSA) is 79.9 Å². The summed E-state index contributed by atoms with van der Waals surface area (Å²) in [4.78, 5) is 17.7. The van der Waals surface area contributed by atoms with Gasteiger partial charge in [0, 0.05) is 20.9 Å². The quantitative estimate of drug-likeness (QED) is 0.409. The molecule has 1 aromatic heterocycles. The molecule has 0 aliphatic rings. The second kappa shape index (κ2) is 9.19. The van der Waals surface area contributed by atoms with Crippen molar-refractivity contribution in [2.45, 2.75) is 11.4 Å². The Morgan fingerprint density at radius 3 is 2.67 bits per heavy atom. The van der Waals surface area contributed by atoms with Gasteiger partial charge in [0.1, 0.15) is 11.6 Å². The number of methoxy groups -OCH3 is 1. The number of aromatic amines is 1. The minimum atomic E-state index is -0.0912. The van der Waals surface area contributed by atoms with E-state index in [4.69, 9.17) is 16.3 Å². The van der Waals surface area contributed by atoms with Crippen LogP contribution in [0.25, 0.3) is 22.2 Å². The minimum absolute atomic E-state index is 0.0912. The molecule has 1 amide bonds. The largest absolute Gasteiger partial charge is 0.497 e. The van der Waals surface area contributed by atoms with E-state index in [0.717, 1.165) is 27.0 Å². The summed E-state index contributed by atoms with van der Waals surface area (Å²) in [5.41, 5.74) is 0.869. The fraction of sp³-hybridized carbons (Fsp3) is 0.136. The Morgan fingerprint density at radius 1 is 1.13 bits per heavy atom. The van der Waals surface area contributed by atoms with Crippen LogP contribution in [0.5, 0.6) is 5.75 Å². The van der Waals surface area contributed by atoms with Crippen LogP contribution in [-0.4, -0.2) is 34.0 Å². The average molecular weight is 439 g/mol. The Bertz CT molecular complexity index is 1170. The second-order valence-corrected chi connectivity index (χ2v) is 7.92. The maximum atomic E-state index is 12.3. The molecule has 0 aliphatic heterocycles. The maximum absolute atomic E-state index is 12.3. The van der Waals surface area contributed by atoms with Gasteiger partial charge in [-0.05, 0) is 41.8 Å². The lowest BCUT2D eigenvalue weighted by Crippen LogP contribution is -2.25. The average Bonchev–Trinajstić information content (AvgIpc) is 3.25. The van der Waals surface area contributed by atoms with Crippen LogP contribution in [0.4, 0.5) is 0 Å². The fourth-order valence-electron chi connectivity index (χ4n) is 3.00. The molecule has 0 unspecified atom stereocenters. The molecule has 0 saturated heterocycles. The van der Waals surface area contributed by atoms with Crippen LogP contribution in [0.1, 0.15) is 5.82 Å². The van der Waals surface area contributed by atoms with Gasteiger partial charge in [0.05, 0.1) is 19.4 Å². The molecule has 3 aromatic carbocycles. The fourth-order valence-corrected chi connectivity index (χ4v) is 4.28. The van der Waals surface area contributed by atoms with Crippen molar-refractivity contribution in [2.24, 2.45) is 0 Å². The molecule has 152 valence electrons. The van der Waals surface area contributed by atoms with Crippen LogP contribution in [0.2, 0.25) is 5.02 Å². The predicted molar refractivity (Wildman–Crippen MR) is 120 cm³/mol. The number of aromatic nitrogens is 3. The number of carbonyl (C=O) groups is 1. The van der Waals surface area contributed by atoms with E-state index in [1.807, 2.05) is 60.7 Å². The molecular formula is C22H19ClN4O2S. The van der Waals surface area contributed by atoms with E-state index in [1.165, 1.54) is 11.8 Å². The molecule has 0 bridgehead atoms. The zero-order chi connectivity index (χ0) is 20.9. The standard InChI is InChI=1S/C22H19ClN4O2S/c1-29-16-10-8-15(9-11-16)22-25-19(26-27-22)12-24-20(28)13-30-18-7-3-5-14-4-2-6-17(23)21(14)18/h2-11H,12-13H2,1H3,(H,24,28)(H,25,26,27). The zero-order valence-corrected chi connectivity index (χ0v) is 17.8. The molecule has 1 heterocycles. The number of halogens is 1. The molecule has 6 nitrogen and oxygen atoms in total. The SMILES string of the molecule is COc1ccc(-c2n[nH]c(CNC(=O)CSc3cccc4cccc(Cl)c34)n2)cc1. The molecule has 8 heteroatoms. The number of carbonyl (C=O) groups excluding carboxylic acids is 1. The van der Waals surface area contributed by atoms with Gasteiger partial charge in [-0.25, -0.2) is 4.98 Å². The van der Waals surface area contributed by atoms with Crippen LogP contribution in [0.3, 0.4) is 0 Å². The Morgan fingerprint density at radius 2 is 1.90 bits per heavy atom. The summed E-state index contributed by atoms with van der Waals surface area (Å²) >= 11 is 7.81. The van der Waals surface area contributed by atoms with Gasteiger partial charge < -0.3 is 10.1 Å². The molecule has 30 heavy (non-hydrogen) atoms. The van der Waals surface area contributed by atoms with Crippen molar-refractivity contribution in [1.82, 2.24) is 20.5 Å². The number of benzene rings is 3. The Hall–Kier alpha value is -3.03. The van der Waals surface area contributed by atoms with E-state index in [1.54, 1.807) is 7.11 Å². The summed E-state index contributed by atoms with van der Waals surface area (Å²) < 4.78 is 5.15. The number of H-pyrrole nitrogens is 1. The first kappa shape index (κ1) is 20.3. The van der Waals surface area contributed by atoms with Gasteiger partial charge in [-0.1, -0.05) is 35.9 Å². The molecule has 0 saturated carbocycles. The third kappa shape index (κ3) is 4.58. The summed E-state index contributed by atoms with van der Waals surface area (Å²) in [6.45, 7) is 0.277. The van der Waals surface area contributed by atoms with E-state index in [2.05, 4.69) is 20.5 Å². The van der Waals surface area contributed by atoms with Crippen molar-refractivity contribution in [2.75, 3.05) is 12.9 Å². The van der Waals surface area contributed by atoms with Crippen molar-refractivity contribution in [1.29, 1.82) is 0 Å². The smallest absolute Gasteiger partial charge is 0.230 e. The van der Waals surface area contributed by atoms with E-state index < -0.39 is 0 Å². The van der Waals surface area contributed by atoms with Crippen molar-refractivity contribution < 1.29 is 9.53 Å². The van der Waals surface area contributed by atoms with Crippen molar-refractivity contribution >= 4 is 40.0 Å². The third-order valence-electron chi connectivity index (χ3n) is 4.51. The number of amides is 1. The minimum Gasteiger partial charge on any atom is -0.497 e. The molecule has 4 rings (SSSR count). The van der Waals surface area contributed by atoms with Crippen LogP contribution in [0, 0.1) is 0 Å². The molecule has 0 atom stereocenters. The molecule has 0 fully saturated rings. The highest BCUT2D eigenvalue weighted by Crippen LogP contribution is 2.33. The number of hydrogen-bond donors (Lipinski definition) is 2. The monoisotopic (exact) mass is 438 g/mol. The number of nitrogens with zero attached hydrogens (tertiary/aromatic N) is 2. The number of rotatable bonds is 7.